The topological polar surface area (TPSA) is 269 Å². The SMILES string of the molecule is OCC1O[C@@H](OCC2O[C@@H](O[C@]3(CO)O[C@H](CO)[C@@H](O)C3O)C(O)[C@@H](O)[C@@H]2O)C(O)[C@@H](O)[C@H]1O. The lowest BCUT2D eigenvalue weighted by molar-refractivity contribution is -0.388. The molecule has 0 aromatic heterocycles. The lowest BCUT2D eigenvalue weighted by Crippen LogP contribution is -2.63. The van der Waals surface area contributed by atoms with Crippen LogP contribution < -0.4 is 0 Å². The molecule has 3 rings (SSSR count). The van der Waals surface area contributed by atoms with Gasteiger partial charge < -0.3 is 79.9 Å². The summed E-state index contributed by atoms with van der Waals surface area (Å²) >= 11 is 0. The van der Waals surface area contributed by atoms with Gasteiger partial charge in [0.25, 0.3) is 0 Å². The van der Waals surface area contributed by atoms with Crippen LogP contribution in [0.2, 0.25) is 0 Å². The molecule has 0 radical (unpaired) electrons. The first-order valence-corrected chi connectivity index (χ1v) is 10.6. The Morgan fingerprint density at radius 1 is 0.588 bits per heavy atom. The van der Waals surface area contributed by atoms with E-state index >= 15 is 0 Å². The van der Waals surface area contributed by atoms with Crippen LogP contribution in [0.15, 0.2) is 0 Å². The lowest BCUT2D eigenvalue weighted by Gasteiger charge is -2.44. The Morgan fingerprint density at radius 2 is 1.12 bits per heavy atom. The zero-order valence-electron chi connectivity index (χ0n) is 17.8. The van der Waals surface area contributed by atoms with Crippen LogP contribution in [0.3, 0.4) is 0 Å². The number of hydrogen-bond donors (Lipinski definition) is 11. The van der Waals surface area contributed by atoms with Gasteiger partial charge in [-0.05, 0) is 0 Å². The number of aliphatic hydroxyl groups is 11. The van der Waals surface area contributed by atoms with Crippen LogP contribution in [0.1, 0.15) is 0 Å². The van der Waals surface area contributed by atoms with Crippen molar-refractivity contribution in [1.82, 2.24) is 0 Å². The highest BCUT2D eigenvalue weighted by Crippen LogP contribution is 2.36. The molecule has 200 valence electrons. The van der Waals surface area contributed by atoms with E-state index in [2.05, 4.69) is 0 Å². The molecule has 5 unspecified atom stereocenters. The molecule has 0 aromatic carbocycles. The van der Waals surface area contributed by atoms with E-state index in [1.807, 2.05) is 0 Å². The lowest BCUT2D eigenvalue weighted by atomic mass is 9.98. The highest BCUT2D eigenvalue weighted by atomic mass is 16.8. The van der Waals surface area contributed by atoms with Crippen LogP contribution >= 0.6 is 0 Å². The van der Waals surface area contributed by atoms with Gasteiger partial charge in [0.15, 0.2) is 12.6 Å². The van der Waals surface area contributed by atoms with Crippen molar-refractivity contribution in [3.05, 3.63) is 0 Å². The van der Waals surface area contributed by atoms with Crippen molar-refractivity contribution >= 4 is 0 Å². The molecule has 0 aliphatic carbocycles. The third-order valence-corrected chi connectivity index (χ3v) is 6.16. The van der Waals surface area contributed by atoms with Gasteiger partial charge >= 0.3 is 0 Å². The molecule has 3 heterocycles. The van der Waals surface area contributed by atoms with E-state index in [0.29, 0.717) is 0 Å². The fraction of sp³-hybridized carbons (Fsp3) is 1.00. The van der Waals surface area contributed by atoms with E-state index < -0.39 is 112 Å². The van der Waals surface area contributed by atoms with Crippen LogP contribution in [0.5, 0.6) is 0 Å². The average molecular weight is 504 g/mol. The zero-order chi connectivity index (χ0) is 25.4. The molecule has 34 heavy (non-hydrogen) atoms. The first kappa shape index (κ1) is 27.9. The first-order valence-electron chi connectivity index (χ1n) is 10.6. The maximum Gasteiger partial charge on any atom is 0.224 e. The first-order chi connectivity index (χ1) is 16.0. The van der Waals surface area contributed by atoms with Crippen LogP contribution in [0, 0.1) is 0 Å². The largest absolute Gasteiger partial charge is 0.394 e. The quantitative estimate of drug-likeness (QED) is 0.146. The highest BCUT2D eigenvalue weighted by Gasteiger charge is 2.58. The Kier molecular flexibility index (Phi) is 9.18. The maximum absolute atomic E-state index is 10.3. The highest BCUT2D eigenvalue weighted by molar-refractivity contribution is 4.98. The van der Waals surface area contributed by atoms with E-state index in [1.165, 1.54) is 0 Å². The van der Waals surface area contributed by atoms with Crippen molar-refractivity contribution < 1.29 is 79.9 Å². The Labute approximate surface area is 192 Å². The molecule has 3 aliphatic rings. The minimum atomic E-state index is -2.36. The Bertz CT molecular complexity index is 653. The van der Waals surface area contributed by atoms with Gasteiger partial charge in [0.05, 0.1) is 19.8 Å². The predicted octanol–water partition coefficient (Wildman–Crippen LogP) is -7.57. The summed E-state index contributed by atoms with van der Waals surface area (Å²) in [5, 5.41) is 109. The van der Waals surface area contributed by atoms with Gasteiger partial charge in [0.2, 0.25) is 5.79 Å². The second-order valence-electron chi connectivity index (χ2n) is 8.41. The molecule has 11 N–H and O–H groups in total. The third kappa shape index (κ3) is 5.09. The van der Waals surface area contributed by atoms with Crippen LogP contribution in [0.4, 0.5) is 0 Å². The van der Waals surface area contributed by atoms with E-state index in [-0.39, 0.29) is 0 Å². The van der Waals surface area contributed by atoms with Gasteiger partial charge in [0.1, 0.15) is 73.8 Å². The van der Waals surface area contributed by atoms with Crippen molar-refractivity contribution in [2.45, 2.75) is 85.5 Å². The van der Waals surface area contributed by atoms with Gasteiger partial charge in [-0.2, -0.15) is 0 Å². The number of aliphatic hydroxyl groups excluding tert-OH is 11. The smallest absolute Gasteiger partial charge is 0.224 e. The van der Waals surface area contributed by atoms with Crippen molar-refractivity contribution in [1.29, 1.82) is 0 Å². The fourth-order valence-electron chi connectivity index (χ4n) is 4.01. The molecule has 0 bridgehead atoms. The van der Waals surface area contributed by atoms with Gasteiger partial charge in [-0.25, -0.2) is 0 Å². The van der Waals surface area contributed by atoms with Gasteiger partial charge in [-0.1, -0.05) is 0 Å². The minimum Gasteiger partial charge on any atom is -0.394 e. The van der Waals surface area contributed by atoms with Crippen LogP contribution in [0.25, 0.3) is 0 Å². The third-order valence-electron chi connectivity index (χ3n) is 6.16. The molecular formula is C18H32O16. The fourth-order valence-corrected chi connectivity index (χ4v) is 4.01. The van der Waals surface area contributed by atoms with Gasteiger partial charge in [0, 0.05) is 0 Å². The summed E-state index contributed by atoms with van der Waals surface area (Å²) in [6, 6.07) is 0. The Hall–Kier alpha value is -0.640. The van der Waals surface area contributed by atoms with E-state index in [1.54, 1.807) is 0 Å². The molecule has 14 atom stereocenters. The van der Waals surface area contributed by atoms with Crippen molar-refractivity contribution in [2.75, 3.05) is 26.4 Å². The molecule has 16 heteroatoms. The number of hydrogen-bond acceptors (Lipinski definition) is 16. The van der Waals surface area contributed by atoms with Gasteiger partial charge in [-0.15, -0.1) is 0 Å². The second kappa shape index (κ2) is 11.2. The molecule has 0 saturated carbocycles. The van der Waals surface area contributed by atoms with Crippen LogP contribution in [-0.2, 0) is 23.7 Å². The molecule has 0 spiro atoms. The summed E-state index contributed by atoms with van der Waals surface area (Å²) in [5.41, 5.74) is 0. The summed E-state index contributed by atoms with van der Waals surface area (Å²) in [6.07, 6.45) is -21.8. The Morgan fingerprint density at radius 3 is 1.65 bits per heavy atom. The zero-order valence-corrected chi connectivity index (χ0v) is 17.8. The van der Waals surface area contributed by atoms with E-state index in [4.69, 9.17) is 23.7 Å². The molecule has 3 fully saturated rings. The van der Waals surface area contributed by atoms with Crippen molar-refractivity contribution in [3.8, 4) is 0 Å². The van der Waals surface area contributed by atoms with Gasteiger partial charge in [-0.3, -0.25) is 0 Å². The second-order valence-corrected chi connectivity index (χ2v) is 8.41. The standard InChI is InChI=1S/C18H32O16/c19-1-5-8(22)11(25)13(27)16(31-5)30-3-7-9(23)12(26)14(28)17(32-7)34-18(4-21)15(29)10(24)6(2-20)33-18/h5-17,19-29H,1-4H2/t5?,6-,7?,8+,9-,10-,11+,12+,13?,14?,15?,16-,17+,18+/m1/s1. The monoisotopic (exact) mass is 504 g/mol. The van der Waals surface area contributed by atoms with E-state index in [9.17, 15) is 56.2 Å². The molecule has 3 saturated heterocycles. The number of rotatable bonds is 8. The molecule has 3 aliphatic heterocycles. The minimum absolute atomic E-state index is 0.634. The average Bonchev–Trinajstić information content (AvgIpc) is 3.08. The Balaban J connectivity index is 1.69. The number of ether oxygens (including phenoxy) is 5. The summed E-state index contributed by atoms with van der Waals surface area (Å²) in [4.78, 5) is 0. The molecule has 0 amide bonds. The normalized spacial score (nSPS) is 52.1. The summed E-state index contributed by atoms with van der Waals surface area (Å²) < 4.78 is 26.4. The summed E-state index contributed by atoms with van der Waals surface area (Å²) in [5.74, 6) is -2.36. The predicted molar refractivity (Wildman–Crippen MR) is 101 cm³/mol. The van der Waals surface area contributed by atoms with Crippen LogP contribution in [-0.4, -0.2) is 168 Å². The summed E-state index contributed by atoms with van der Waals surface area (Å²) in [7, 11) is 0. The molecule has 16 nitrogen and oxygen atoms in total. The molecular weight excluding hydrogens is 472 g/mol. The van der Waals surface area contributed by atoms with E-state index in [0.717, 1.165) is 0 Å². The molecule has 0 aromatic rings. The van der Waals surface area contributed by atoms with Crippen molar-refractivity contribution in [2.24, 2.45) is 0 Å². The maximum atomic E-state index is 10.3. The van der Waals surface area contributed by atoms with Crippen molar-refractivity contribution in [3.63, 3.8) is 0 Å². The summed E-state index contributed by atoms with van der Waals surface area (Å²) in [6.45, 7) is -3.14.